The lowest BCUT2D eigenvalue weighted by Gasteiger charge is -2.21. The Bertz CT molecular complexity index is 952. The molecule has 0 saturated heterocycles. The normalized spacial score (nSPS) is 11.5. The number of nitrogens with zero attached hydrogens (tertiary/aromatic N) is 2. The molecule has 2 rings (SSSR count). The van der Waals surface area contributed by atoms with Gasteiger partial charge in [-0.1, -0.05) is 0 Å². The second kappa shape index (κ2) is 8.53. The number of sulfonamides is 1. The van der Waals surface area contributed by atoms with Crippen molar-refractivity contribution in [3.8, 4) is 0 Å². The summed E-state index contributed by atoms with van der Waals surface area (Å²) in [7, 11) is -0.400. The van der Waals surface area contributed by atoms with Crippen molar-refractivity contribution in [2.45, 2.75) is 31.7 Å². The van der Waals surface area contributed by atoms with Crippen LogP contribution in [0.5, 0.6) is 0 Å². The van der Waals surface area contributed by atoms with Gasteiger partial charge in [0.2, 0.25) is 15.9 Å². The lowest BCUT2D eigenvalue weighted by molar-refractivity contribution is -0.116. The van der Waals surface area contributed by atoms with E-state index in [2.05, 4.69) is 5.32 Å². The molecule has 0 aliphatic rings. The van der Waals surface area contributed by atoms with E-state index in [1.54, 1.807) is 45.2 Å². The first-order chi connectivity index (χ1) is 13.0. The van der Waals surface area contributed by atoms with Crippen LogP contribution in [0.2, 0.25) is 0 Å². The number of amides is 2. The monoisotopic (exact) mass is 403 g/mol. The number of carbonyl (C=O) groups is 2. The summed E-state index contributed by atoms with van der Waals surface area (Å²) in [4.78, 5) is 25.4. The van der Waals surface area contributed by atoms with Crippen LogP contribution in [0.25, 0.3) is 0 Å². The molecule has 0 bridgehead atoms. The van der Waals surface area contributed by atoms with Gasteiger partial charge in [0.25, 0.3) is 5.91 Å². The minimum atomic E-state index is -3.59. The lowest BCUT2D eigenvalue weighted by Crippen LogP contribution is -2.33. The molecule has 7 nitrogen and oxygen atoms in total. The lowest BCUT2D eigenvalue weighted by atomic mass is 10.2. The van der Waals surface area contributed by atoms with Gasteiger partial charge in [0, 0.05) is 44.0 Å². The molecule has 0 unspecified atom stereocenters. The largest absolute Gasteiger partial charge is 0.322 e. The smallest absolute Gasteiger partial charge is 0.255 e. The van der Waals surface area contributed by atoms with Crippen molar-refractivity contribution in [2.24, 2.45) is 0 Å². The quantitative estimate of drug-likeness (QED) is 0.803. The molecular weight excluding hydrogens is 378 g/mol. The molecule has 0 fully saturated rings. The fourth-order valence-electron chi connectivity index (χ4n) is 2.38. The maximum absolute atomic E-state index is 12.5. The maximum Gasteiger partial charge on any atom is 0.255 e. The van der Waals surface area contributed by atoms with Crippen LogP contribution in [0.1, 0.15) is 31.1 Å². The third-order valence-corrected chi connectivity index (χ3v) is 6.55. The zero-order chi connectivity index (χ0) is 21.1. The Kier molecular flexibility index (Phi) is 6.58. The first-order valence-corrected chi connectivity index (χ1v) is 10.2. The number of anilines is 2. The summed E-state index contributed by atoms with van der Waals surface area (Å²) in [6.07, 6.45) is 0. The zero-order valence-corrected chi connectivity index (χ0v) is 17.4. The standard InChI is InChI=1S/C20H25N3O4S/c1-14(2)23(5)28(26,27)19-12-6-16(7-13-19)20(25)21-17-8-10-18(11-9-17)22(4)15(3)24/h6-14H,1-5H3,(H,21,25). The summed E-state index contributed by atoms with van der Waals surface area (Å²) in [6, 6.07) is 12.5. The highest BCUT2D eigenvalue weighted by Gasteiger charge is 2.23. The van der Waals surface area contributed by atoms with E-state index in [0.29, 0.717) is 16.9 Å². The fourth-order valence-corrected chi connectivity index (χ4v) is 3.74. The van der Waals surface area contributed by atoms with Crippen LogP contribution in [-0.4, -0.2) is 44.7 Å². The molecular formula is C20H25N3O4S. The molecule has 1 N–H and O–H groups in total. The summed E-state index contributed by atoms with van der Waals surface area (Å²) in [6.45, 7) is 5.05. The van der Waals surface area contributed by atoms with E-state index in [4.69, 9.17) is 0 Å². The Labute approximate surface area is 166 Å². The van der Waals surface area contributed by atoms with E-state index in [1.165, 1.54) is 47.4 Å². The van der Waals surface area contributed by atoms with Crippen LogP contribution in [0.4, 0.5) is 11.4 Å². The predicted octanol–water partition coefficient (Wildman–Crippen LogP) is 2.95. The Morgan fingerprint density at radius 2 is 1.46 bits per heavy atom. The van der Waals surface area contributed by atoms with E-state index in [-0.39, 0.29) is 22.8 Å². The van der Waals surface area contributed by atoms with Gasteiger partial charge in [0.05, 0.1) is 4.90 Å². The zero-order valence-electron chi connectivity index (χ0n) is 16.6. The number of hydrogen-bond donors (Lipinski definition) is 1. The third-order valence-electron chi connectivity index (χ3n) is 4.51. The molecule has 0 saturated carbocycles. The molecule has 0 aliphatic heterocycles. The molecule has 0 radical (unpaired) electrons. The van der Waals surface area contributed by atoms with Gasteiger partial charge in [-0.3, -0.25) is 9.59 Å². The van der Waals surface area contributed by atoms with Gasteiger partial charge in [0.15, 0.2) is 0 Å². The molecule has 0 aliphatic carbocycles. The van der Waals surface area contributed by atoms with Gasteiger partial charge in [-0.05, 0) is 62.4 Å². The Hall–Kier alpha value is -2.71. The van der Waals surface area contributed by atoms with E-state index < -0.39 is 10.0 Å². The molecule has 0 aromatic heterocycles. The van der Waals surface area contributed by atoms with E-state index >= 15 is 0 Å². The van der Waals surface area contributed by atoms with Crippen molar-refractivity contribution in [3.05, 3.63) is 54.1 Å². The molecule has 28 heavy (non-hydrogen) atoms. The molecule has 0 heterocycles. The number of carbonyl (C=O) groups excluding carboxylic acids is 2. The number of benzene rings is 2. The number of hydrogen-bond acceptors (Lipinski definition) is 4. The summed E-state index contributed by atoms with van der Waals surface area (Å²) >= 11 is 0. The van der Waals surface area contributed by atoms with Crippen LogP contribution in [-0.2, 0) is 14.8 Å². The minimum Gasteiger partial charge on any atom is -0.322 e. The molecule has 2 amide bonds. The third kappa shape index (κ3) is 4.76. The van der Waals surface area contributed by atoms with E-state index in [1.807, 2.05) is 0 Å². The van der Waals surface area contributed by atoms with Crippen molar-refractivity contribution in [3.63, 3.8) is 0 Å². The summed E-state index contributed by atoms with van der Waals surface area (Å²) < 4.78 is 26.2. The molecule has 150 valence electrons. The topological polar surface area (TPSA) is 86.8 Å². The van der Waals surface area contributed by atoms with Gasteiger partial charge in [-0.25, -0.2) is 8.42 Å². The maximum atomic E-state index is 12.5. The SMILES string of the molecule is CC(=O)N(C)c1ccc(NC(=O)c2ccc(S(=O)(=O)N(C)C(C)C)cc2)cc1. The van der Waals surface area contributed by atoms with Gasteiger partial charge in [-0.2, -0.15) is 4.31 Å². The average molecular weight is 404 g/mol. The van der Waals surface area contributed by atoms with Crippen molar-refractivity contribution in [1.82, 2.24) is 4.31 Å². The van der Waals surface area contributed by atoms with Crippen LogP contribution in [0.15, 0.2) is 53.4 Å². The molecule has 8 heteroatoms. The average Bonchev–Trinajstić information content (AvgIpc) is 2.67. The Morgan fingerprint density at radius 3 is 1.93 bits per heavy atom. The van der Waals surface area contributed by atoms with Crippen LogP contribution in [0, 0.1) is 0 Å². The molecule has 0 atom stereocenters. The second-order valence-electron chi connectivity index (χ2n) is 6.72. The fraction of sp³-hybridized carbons (Fsp3) is 0.300. The van der Waals surface area contributed by atoms with Crippen LogP contribution in [0.3, 0.4) is 0 Å². The highest BCUT2D eigenvalue weighted by molar-refractivity contribution is 7.89. The first kappa shape index (κ1) is 21.6. The Balaban J connectivity index is 2.12. The van der Waals surface area contributed by atoms with Crippen molar-refractivity contribution >= 4 is 33.2 Å². The van der Waals surface area contributed by atoms with Gasteiger partial charge >= 0.3 is 0 Å². The molecule has 2 aromatic rings. The van der Waals surface area contributed by atoms with E-state index in [0.717, 1.165) is 0 Å². The molecule has 2 aromatic carbocycles. The summed E-state index contributed by atoms with van der Waals surface area (Å²) in [5, 5.41) is 2.75. The van der Waals surface area contributed by atoms with Crippen molar-refractivity contribution in [2.75, 3.05) is 24.3 Å². The second-order valence-corrected chi connectivity index (χ2v) is 8.72. The Morgan fingerprint density at radius 1 is 0.929 bits per heavy atom. The van der Waals surface area contributed by atoms with Crippen molar-refractivity contribution in [1.29, 1.82) is 0 Å². The summed E-state index contributed by atoms with van der Waals surface area (Å²) in [5.41, 5.74) is 1.63. The van der Waals surface area contributed by atoms with Gasteiger partial charge in [0.1, 0.15) is 0 Å². The summed E-state index contributed by atoms with van der Waals surface area (Å²) in [5.74, 6) is -0.441. The predicted molar refractivity (Wildman–Crippen MR) is 110 cm³/mol. The van der Waals surface area contributed by atoms with E-state index in [9.17, 15) is 18.0 Å². The van der Waals surface area contributed by atoms with Gasteiger partial charge in [-0.15, -0.1) is 0 Å². The highest BCUT2D eigenvalue weighted by atomic mass is 32.2. The van der Waals surface area contributed by atoms with Crippen molar-refractivity contribution < 1.29 is 18.0 Å². The molecule has 0 spiro atoms. The van der Waals surface area contributed by atoms with Gasteiger partial charge < -0.3 is 10.2 Å². The highest BCUT2D eigenvalue weighted by Crippen LogP contribution is 2.20. The minimum absolute atomic E-state index is 0.0880. The first-order valence-electron chi connectivity index (χ1n) is 8.78. The number of rotatable bonds is 6. The van der Waals surface area contributed by atoms with Crippen LogP contribution >= 0.6 is 0 Å². The van der Waals surface area contributed by atoms with Crippen LogP contribution < -0.4 is 10.2 Å². The number of nitrogens with one attached hydrogen (secondary N) is 1.